The van der Waals surface area contributed by atoms with Crippen LogP contribution in [0.3, 0.4) is 0 Å². The summed E-state index contributed by atoms with van der Waals surface area (Å²) in [5.41, 5.74) is 5.05. The van der Waals surface area contributed by atoms with E-state index in [0.29, 0.717) is 11.1 Å². The van der Waals surface area contributed by atoms with Crippen molar-refractivity contribution in [1.29, 1.82) is 0 Å². The van der Waals surface area contributed by atoms with Crippen LogP contribution in [-0.4, -0.2) is 85.0 Å². The van der Waals surface area contributed by atoms with Gasteiger partial charge in [0.25, 0.3) is 0 Å². The number of carbonyl (C=O) groups excluding carboxylic acids is 4. The fraction of sp³-hybridized carbons (Fsp3) is 0.273. The van der Waals surface area contributed by atoms with Crippen LogP contribution in [0.2, 0.25) is 0 Å². The minimum absolute atomic E-state index is 0.00626. The van der Waals surface area contributed by atoms with Gasteiger partial charge in [-0.2, -0.15) is 0 Å². The standard InChI is InChI=1S/C44H46N2O10/c1-5-45(6-2)37-15-9-31(10-16-37)7-8-32-11-17-38(18-12-32)46(23-21-33-25-35(13-19-39(33)43(51)52)41(49)27-55-29(3)47)24-22-34-26-36(14-20-40(34)44(53)54)42(50)28-56-30(4)48/h7-20,25-26H,5-6,21-24,27-28H2,1-4H3,(H,51,52)(H,53,54)/b8-7+. The molecule has 2 N–H and O–H groups in total. The molecule has 0 saturated heterocycles. The number of hydrogen-bond acceptors (Lipinski definition) is 10. The fourth-order valence-corrected chi connectivity index (χ4v) is 6.12. The van der Waals surface area contributed by atoms with E-state index in [9.17, 15) is 39.0 Å². The number of ketones is 2. The van der Waals surface area contributed by atoms with E-state index in [-0.39, 0.29) is 48.2 Å². The summed E-state index contributed by atoms with van der Waals surface area (Å²) >= 11 is 0. The van der Waals surface area contributed by atoms with Crippen LogP contribution in [0.4, 0.5) is 11.4 Å². The van der Waals surface area contributed by atoms with Gasteiger partial charge in [-0.05, 0) is 97.5 Å². The Morgan fingerprint density at radius 2 is 0.929 bits per heavy atom. The van der Waals surface area contributed by atoms with Crippen molar-refractivity contribution in [2.75, 3.05) is 49.2 Å². The predicted octanol–water partition coefficient (Wildman–Crippen LogP) is 6.88. The minimum Gasteiger partial charge on any atom is -0.478 e. The minimum atomic E-state index is -1.18. The maximum absolute atomic E-state index is 12.7. The zero-order chi connectivity index (χ0) is 40.8. The Labute approximate surface area is 326 Å². The average molecular weight is 763 g/mol. The molecule has 56 heavy (non-hydrogen) atoms. The zero-order valence-electron chi connectivity index (χ0n) is 31.9. The molecule has 0 radical (unpaired) electrons. The molecule has 4 aromatic rings. The molecule has 0 spiro atoms. The Kier molecular flexibility index (Phi) is 15.2. The highest BCUT2D eigenvalue weighted by Crippen LogP contribution is 2.23. The Hall–Kier alpha value is -6.56. The number of anilines is 2. The molecule has 0 aliphatic rings. The fourth-order valence-electron chi connectivity index (χ4n) is 6.12. The number of carbonyl (C=O) groups is 6. The van der Waals surface area contributed by atoms with E-state index < -0.39 is 48.7 Å². The lowest BCUT2D eigenvalue weighted by Crippen LogP contribution is -2.29. The Morgan fingerprint density at radius 1 is 0.554 bits per heavy atom. The monoisotopic (exact) mass is 762 g/mol. The third-order valence-electron chi connectivity index (χ3n) is 9.18. The van der Waals surface area contributed by atoms with Gasteiger partial charge in [0.2, 0.25) is 0 Å². The summed E-state index contributed by atoms with van der Waals surface area (Å²) in [6, 6.07) is 24.4. The molecule has 12 nitrogen and oxygen atoms in total. The normalized spacial score (nSPS) is 10.9. The largest absolute Gasteiger partial charge is 0.478 e. The SMILES string of the molecule is CCN(CC)c1ccc(/C=C/c2ccc(N(CCc3cc(C(=O)COC(C)=O)ccc3C(=O)O)CCc3cc(C(=O)COC(C)=O)ccc3C(=O)O)cc2)cc1. The van der Waals surface area contributed by atoms with E-state index in [1.807, 2.05) is 41.3 Å². The molecule has 0 saturated carbocycles. The van der Waals surface area contributed by atoms with Crippen LogP contribution >= 0.6 is 0 Å². The number of ether oxygens (including phenoxy) is 2. The maximum atomic E-state index is 12.7. The van der Waals surface area contributed by atoms with E-state index in [0.717, 1.165) is 35.6 Å². The number of carboxylic acids is 2. The smallest absolute Gasteiger partial charge is 0.335 e. The second-order valence-electron chi connectivity index (χ2n) is 12.9. The van der Waals surface area contributed by atoms with Crippen molar-refractivity contribution in [3.8, 4) is 0 Å². The van der Waals surface area contributed by atoms with Crippen molar-refractivity contribution in [1.82, 2.24) is 0 Å². The first kappa shape index (κ1) is 42.2. The molecule has 0 heterocycles. The van der Waals surface area contributed by atoms with Crippen molar-refractivity contribution in [2.24, 2.45) is 0 Å². The van der Waals surface area contributed by atoms with E-state index in [1.165, 1.54) is 50.2 Å². The molecule has 0 aliphatic carbocycles. The van der Waals surface area contributed by atoms with Crippen LogP contribution in [0.15, 0.2) is 84.9 Å². The summed E-state index contributed by atoms with van der Waals surface area (Å²) in [6.07, 6.45) is 4.39. The molecule has 4 rings (SSSR count). The summed E-state index contributed by atoms with van der Waals surface area (Å²) < 4.78 is 9.70. The number of carboxylic acid groups (broad SMARTS) is 2. The first-order valence-corrected chi connectivity index (χ1v) is 18.2. The van der Waals surface area contributed by atoms with Gasteiger partial charge < -0.3 is 29.5 Å². The molecule has 0 aromatic heterocycles. The molecular formula is C44H46N2O10. The highest BCUT2D eigenvalue weighted by atomic mass is 16.5. The van der Waals surface area contributed by atoms with Gasteiger partial charge in [0.15, 0.2) is 24.8 Å². The highest BCUT2D eigenvalue weighted by Gasteiger charge is 2.19. The Balaban J connectivity index is 1.63. The van der Waals surface area contributed by atoms with Gasteiger partial charge in [-0.3, -0.25) is 19.2 Å². The van der Waals surface area contributed by atoms with Gasteiger partial charge in [0.1, 0.15) is 0 Å². The lowest BCUT2D eigenvalue weighted by molar-refractivity contribution is -0.140. The molecule has 0 amide bonds. The first-order chi connectivity index (χ1) is 26.8. The number of hydrogen-bond donors (Lipinski definition) is 2. The number of benzene rings is 4. The van der Waals surface area contributed by atoms with Crippen LogP contribution in [0.5, 0.6) is 0 Å². The Bertz CT molecular complexity index is 1990. The number of rotatable bonds is 20. The number of esters is 2. The molecule has 292 valence electrons. The van der Waals surface area contributed by atoms with Gasteiger partial charge in [-0.15, -0.1) is 0 Å². The van der Waals surface area contributed by atoms with Gasteiger partial charge in [0.05, 0.1) is 11.1 Å². The molecule has 0 fully saturated rings. The van der Waals surface area contributed by atoms with Crippen molar-refractivity contribution < 1.29 is 48.5 Å². The first-order valence-electron chi connectivity index (χ1n) is 18.2. The number of Topliss-reactive ketones (excluding diaryl/α,β-unsaturated/α-hetero) is 2. The zero-order valence-corrected chi connectivity index (χ0v) is 31.9. The topological polar surface area (TPSA) is 168 Å². The van der Waals surface area contributed by atoms with E-state index >= 15 is 0 Å². The summed E-state index contributed by atoms with van der Waals surface area (Å²) in [4.78, 5) is 76.7. The molecule has 0 unspecified atom stereocenters. The number of nitrogens with zero attached hydrogens (tertiary/aromatic N) is 2. The lowest BCUT2D eigenvalue weighted by Gasteiger charge is -2.26. The van der Waals surface area contributed by atoms with Gasteiger partial charge in [-0.25, -0.2) is 9.59 Å². The van der Waals surface area contributed by atoms with Crippen LogP contribution < -0.4 is 9.80 Å². The summed E-state index contributed by atoms with van der Waals surface area (Å²) in [7, 11) is 0. The molecule has 0 atom stereocenters. The van der Waals surface area contributed by atoms with Gasteiger partial charge in [0, 0.05) is 62.5 Å². The van der Waals surface area contributed by atoms with Crippen LogP contribution in [-0.2, 0) is 31.9 Å². The van der Waals surface area contributed by atoms with Crippen LogP contribution in [0.1, 0.15) is 91.4 Å². The van der Waals surface area contributed by atoms with Gasteiger partial charge in [-0.1, -0.05) is 48.6 Å². The molecule has 12 heteroatoms. The third-order valence-corrected chi connectivity index (χ3v) is 9.18. The molecular weight excluding hydrogens is 716 g/mol. The Morgan fingerprint density at radius 3 is 1.27 bits per heavy atom. The second-order valence-corrected chi connectivity index (χ2v) is 12.9. The lowest BCUT2D eigenvalue weighted by atomic mass is 9.98. The van der Waals surface area contributed by atoms with Crippen LogP contribution in [0, 0.1) is 0 Å². The summed E-state index contributed by atoms with van der Waals surface area (Å²) in [6.45, 7) is 8.02. The average Bonchev–Trinajstić information content (AvgIpc) is 3.19. The van der Waals surface area contributed by atoms with Crippen molar-refractivity contribution in [2.45, 2.75) is 40.5 Å². The van der Waals surface area contributed by atoms with Gasteiger partial charge >= 0.3 is 23.9 Å². The molecule has 0 aliphatic heterocycles. The maximum Gasteiger partial charge on any atom is 0.335 e. The van der Waals surface area contributed by atoms with Crippen molar-refractivity contribution >= 4 is 59.0 Å². The summed E-state index contributed by atoms with van der Waals surface area (Å²) in [5, 5.41) is 19.9. The van der Waals surface area contributed by atoms with E-state index in [2.05, 4.69) is 43.0 Å². The molecule has 0 bridgehead atoms. The molecule has 4 aromatic carbocycles. The third kappa shape index (κ3) is 12.0. The quantitative estimate of drug-likeness (QED) is 0.0545. The van der Waals surface area contributed by atoms with Crippen molar-refractivity contribution in [3.05, 3.63) is 129 Å². The van der Waals surface area contributed by atoms with Crippen LogP contribution in [0.25, 0.3) is 12.2 Å². The predicted molar refractivity (Wildman–Crippen MR) is 214 cm³/mol. The highest BCUT2D eigenvalue weighted by molar-refractivity contribution is 6.00. The summed E-state index contributed by atoms with van der Waals surface area (Å²) in [5.74, 6) is -4.55. The second kappa shape index (κ2) is 20.2. The number of aromatic carboxylic acids is 2. The van der Waals surface area contributed by atoms with Crippen molar-refractivity contribution in [3.63, 3.8) is 0 Å². The van der Waals surface area contributed by atoms with E-state index in [4.69, 9.17) is 9.47 Å². The van der Waals surface area contributed by atoms with E-state index in [1.54, 1.807) is 0 Å².